The molecule has 1 aromatic heterocycles. The molecule has 0 saturated heterocycles. The third-order valence-electron chi connectivity index (χ3n) is 1.60. The van der Waals surface area contributed by atoms with Gasteiger partial charge in [-0.2, -0.15) is 0 Å². The number of rotatable bonds is 4. The van der Waals surface area contributed by atoms with Crippen LogP contribution < -0.4 is 5.32 Å². The number of nitrogens with one attached hydrogen (secondary N) is 1. The number of nitrogens with zero attached hydrogens (tertiary/aromatic N) is 2. The molecule has 0 bridgehead atoms. The van der Waals surface area contributed by atoms with Gasteiger partial charge in [0.15, 0.2) is 0 Å². The number of amides is 1. The van der Waals surface area contributed by atoms with E-state index in [1.54, 1.807) is 18.6 Å². The second kappa shape index (κ2) is 5.24. The van der Waals surface area contributed by atoms with E-state index >= 15 is 0 Å². The summed E-state index contributed by atoms with van der Waals surface area (Å²) in [6, 6.07) is 0. The van der Waals surface area contributed by atoms with E-state index in [0.717, 1.165) is 18.5 Å². The maximum Gasteiger partial charge on any atom is 0.216 e. The fourth-order valence-corrected chi connectivity index (χ4v) is 0.993. The van der Waals surface area contributed by atoms with Gasteiger partial charge in [0.25, 0.3) is 0 Å². The van der Waals surface area contributed by atoms with Gasteiger partial charge in [-0.25, -0.2) is 0 Å². The molecule has 0 atom stereocenters. The van der Waals surface area contributed by atoms with Crippen LogP contribution in [0.25, 0.3) is 0 Å². The number of carbonyl (C=O) groups is 1. The Morgan fingerprint density at radius 3 is 3.00 bits per heavy atom. The minimum Gasteiger partial charge on any atom is -0.356 e. The van der Waals surface area contributed by atoms with E-state index in [1.165, 1.54) is 6.92 Å². The monoisotopic (exact) mass is 179 g/mol. The molecule has 0 unspecified atom stereocenters. The molecule has 0 radical (unpaired) electrons. The van der Waals surface area contributed by atoms with Crippen molar-refractivity contribution >= 4 is 5.91 Å². The summed E-state index contributed by atoms with van der Waals surface area (Å²) in [5.74, 6) is 0.0131. The molecule has 0 aromatic carbocycles. The molecule has 70 valence electrons. The third-order valence-corrected chi connectivity index (χ3v) is 1.60. The molecule has 0 aliphatic heterocycles. The number of aryl methyl sites for hydroxylation is 1. The second-order valence-electron chi connectivity index (χ2n) is 2.78. The van der Waals surface area contributed by atoms with Crippen molar-refractivity contribution in [2.45, 2.75) is 19.8 Å². The molecule has 4 nitrogen and oxygen atoms in total. The largest absolute Gasteiger partial charge is 0.356 e. The molecule has 1 rings (SSSR count). The summed E-state index contributed by atoms with van der Waals surface area (Å²) < 4.78 is 0. The average Bonchev–Trinajstić information content (AvgIpc) is 2.14. The first-order valence-electron chi connectivity index (χ1n) is 4.28. The molecular weight excluding hydrogens is 166 g/mol. The Morgan fingerprint density at radius 2 is 2.38 bits per heavy atom. The van der Waals surface area contributed by atoms with E-state index in [-0.39, 0.29) is 5.91 Å². The molecule has 0 saturated carbocycles. The van der Waals surface area contributed by atoms with Gasteiger partial charge in [-0.1, -0.05) is 0 Å². The van der Waals surface area contributed by atoms with Gasteiger partial charge in [-0.3, -0.25) is 14.8 Å². The normalized spacial score (nSPS) is 9.62. The quantitative estimate of drug-likeness (QED) is 0.686. The Labute approximate surface area is 77.4 Å². The predicted octanol–water partition coefficient (Wildman–Crippen LogP) is 0.545. The summed E-state index contributed by atoms with van der Waals surface area (Å²) in [7, 11) is 0. The minimum atomic E-state index is 0.0131. The van der Waals surface area contributed by atoms with Crippen molar-refractivity contribution in [3.8, 4) is 0 Å². The first kappa shape index (κ1) is 9.64. The van der Waals surface area contributed by atoms with Crippen LogP contribution in [0.5, 0.6) is 0 Å². The SMILES string of the molecule is CC(=O)NCCCc1cnccn1. The zero-order valence-corrected chi connectivity index (χ0v) is 7.66. The van der Waals surface area contributed by atoms with Crippen LogP contribution in [0.3, 0.4) is 0 Å². The highest BCUT2D eigenvalue weighted by Gasteiger charge is 1.94. The van der Waals surface area contributed by atoms with Gasteiger partial charge in [-0.05, 0) is 12.8 Å². The van der Waals surface area contributed by atoms with Crippen LogP contribution in [0, 0.1) is 0 Å². The number of carbonyl (C=O) groups excluding carboxylic acids is 1. The summed E-state index contributed by atoms with van der Waals surface area (Å²) >= 11 is 0. The van der Waals surface area contributed by atoms with Crippen molar-refractivity contribution in [2.75, 3.05) is 6.54 Å². The molecule has 1 amide bonds. The zero-order chi connectivity index (χ0) is 9.52. The molecule has 4 heteroatoms. The van der Waals surface area contributed by atoms with Crippen LogP contribution in [-0.4, -0.2) is 22.4 Å². The van der Waals surface area contributed by atoms with Gasteiger partial charge < -0.3 is 5.32 Å². The molecule has 0 aliphatic carbocycles. The van der Waals surface area contributed by atoms with Crippen molar-refractivity contribution in [1.29, 1.82) is 0 Å². The topological polar surface area (TPSA) is 54.9 Å². The summed E-state index contributed by atoms with van der Waals surface area (Å²) in [5, 5.41) is 2.73. The van der Waals surface area contributed by atoms with Crippen LogP contribution in [0.15, 0.2) is 18.6 Å². The molecule has 1 N–H and O–H groups in total. The maximum absolute atomic E-state index is 10.5. The Bertz CT molecular complexity index is 261. The molecule has 1 heterocycles. The van der Waals surface area contributed by atoms with Gasteiger partial charge in [0.1, 0.15) is 0 Å². The van der Waals surface area contributed by atoms with E-state index in [0.29, 0.717) is 6.54 Å². The van der Waals surface area contributed by atoms with E-state index in [2.05, 4.69) is 15.3 Å². The van der Waals surface area contributed by atoms with Crippen LogP contribution in [0.2, 0.25) is 0 Å². The number of hydrogen-bond donors (Lipinski definition) is 1. The van der Waals surface area contributed by atoms with E-state index in [1.807, 2.05) is 0 Å². The summed E-state index contributed by atoms with van der Waals surface area (Å²) in [6.07, 6.45) is 6.82. The number of aromatic nitrogens is 2. The Morgan fingerprint density at radius 1 is 1.54 bits per heavy atom. The van der Waals surface area contributed by atoms with Crippen molar-refractivity contribution in [3.63, 3.8) is 0 Å². The molecule has 0 fully saturated rings. The lowest BCUT2D eigenvalue weighted by atomic mass is 10.2. The molecular formula is C9H13N3O. The average molecular weight is 179 g/mol. The van der Waals surface area contributed by atoms with Crippen molar-refractivity contribution < 1.29 is 4.79 Å². The zero-order valence-electron chi connectivity index (χ0n) is 7.66. The fraction of sp³-hybridized carbons (Fsp3) is 0.444. The van der Waals surface area contributed by atoms with E-state index in [9.17, 15) is 4.79 Å². The molecule has 13 heavy (non-hydrogen) atoms. The van der Waals surface area contributed by atoms with Gasteiger partial charge in [-0.15, -0.1) is 0 Å². The number of hydrogen-bond acceptors (Lipinski definition) is 3. The van der Waals surface area contributed by atoms with Crippen LogP contribution in [0.1, 0.15) is 19.0 Å². The fourth-order valence-electron chi connectivity index (χ4n) is 0.993. The highest BCUT2D eigenvalue weighted by molar-refractivity contribution is 5.72. The first-order valence-corrected chi connectivity index (χ1v) is 4.28. The molecule has 0 aliphatic rings. The van der Waals surface area contributed by atoms with E-state index < -0.39 is 0 Å². The lowest BCUT2D eigenvalue weighted by Crippen LogP contribution is -2.21. The van der Waals surface area contributed by atoms with Crippen LogP contribution in [0.4, 0.5) is 0 Å². The van der Waals surface area contributed by atoms with Crippen molar-refractivity contribution in [1.82, 2.24) is 15.3 Å². The Balaban J connectivity index is 2.17. The highest BCUT2D eigenvalue weighted by Crippen LogP contribution is 1.94. The lowest BCUT2D eigenvalue weighted by molar-refractivity contribution is -0.118. The van der Waals surface area contributed by atoms with Crippen LogP contribution in [-0.2, 0) is 11.2 Å². The third kappa shape index (κ3) is 4.20. The Kier molecular flexibility index (Phi) is 3.88. The van der Waals surface area contributed by atoms with Gasteiger partial charge in [0.2, 0.25) is 5.91 Å². The summed E-state index contributed by atoms with van der Waals surface area (Å²) in [4.78, 5) is 18.6. The minimum absolute atomic E-state index is 0.0131. The highest BCUT2D eigenvalue weighted by atomic mass is 16.1. The van der Waals surface area contributed by atoms with Crippen LogP contribution >= 0.6 is 0 Å². The standard InChI is InChI=1S/C9H13N3O/c1-8(13)11-4-2-3-9-7-10-5-6-12-9/h5-7H,2-4H2,1H3,(H,11,13). The van der Waals surface area contributed by atoms with Gasteiger partial charge in [0.05, 0.1) is 5.69 Å². The molecule has 1 aromatic rings. The van der Waals surface area contributed by atoms with Gasteiger partial charge in [0, 0.05) is 32.1 Å². The van der Waals surface area contributed by atoms with Crippen molar-refractivity contribution in [3.05, 3.63) is 24.3 Å². The summed E-state index contributed by atoms with van der Waals surface area (Å²) in [6.45, 7) is 2.22. The first-order chi connectivity index (χ1) is 6.29. The predicted molar refractivity (Wildman–Crippen MR) is 49.0 cm³/mol. The van der Waals surface area contributed by atoms with Gasteiger partial charge >= 0.3 is 0 Å². The smallest absolute Gasteiger partial charge is 0.216 e. The Hall–Kier alpha value is -1.45. The second-order valence-corrected chi connectivity index (χ2v) is 2.78. The summed E-state index contributed by atoms with van der Waals surface area (Å²) in [5.41, 5.74) is 0.966. The van der Waals surface area contributed by atoms with E-state index in [4.69, 9.17) is 0 Å². The van der Waals surface area contributed by atoms with Crippen molar-refractivity contribution in [2.24, 2.45) is 0 Å². The lowest BCUT2D eigenvalue weighted by Gasteiger charge is -2.00. The maximum atomic E-state index is 10.5. The molecule has 0 spiro atoms.